The van der Waals surface area contributed by atoms with Gasteiger partial charge in [-0.25, -0.2) is 0 Å². The highest BCUT2D eigenvalue weighted by molar-refractivity contribution is 8.04. The molecule has 4 heteroatoms. The minimum atomic E-state index is -0.968. The van der Waals surface area contributed by atoms with Crippen molar-refractivity contribution in [3.05, 3.63) is 46.4 Å². The lowest BCUT2D eigenvalue weighted by molar-refractivity contribution is -0.0669. The summed E-state index contributed by atoms with van der Waals surface area (Å²) >= 11 is 1.61. The molecule has 2 N–H and O–H groups in total. The molecule has 21 heavy (non-hydrogen) atoms. The van der Waals surface area contributed by atoms with Crippen molar-refractivity contribution in [1.29, 1.82) is 0 Å². The quantitative estimate of drug-likeness (QED) is 0.619. The summed E-state index contributed by atoms with van der Waals surface area (Å²) in [5.41, 5.74) is 3.07. The molecule has 0 aromatic heterocycles. The van der Waals surface area contributed by atoms with Crippen LogP contribution in [-0.2, 0) is 4.74 Å². The second-order valence-corrected chi connectivity index (χ2v) is 6.78. The van der Waals surface area contributed by atoms with Crippen LogP contribution in [0.3, 0.4) is 0 Å². The summed E-state index contributed by atoms with van der Waals surface area (Å²) in [6.07, 6.45) is 10.3. The Morgan fingerprint density at radius 3 is 2.71 bits per heavy atom. The number of aliphatic hydroxyl groups is 2. The molecule has 3 atom stereocenters. The summed E-state index contributed by atoms with van der Waals surface area (Å²) in [5, 5.41) is 20.6. The van der Waals surface area contributed by atoms with Crippen LogP contribution in [0, 0.1) is 0 Å². The Balaban J connectivity index is 1.98. The average Bonchev–Trinajstić information content (AvgIpc) is 2.64. The van der Waals surface area contributed by atoms with Gasteiger partial charge >= 0.3 is 0 Å². The smallest absolute Gasteiger partial charge is 0.175 e. The number of aliphatic hydroxyl groups excluding tert-OH is 2. The van der Waals surface area contributed by atoms with Gasteiger partial charge in [0.25, 0.3) is 0 Å². The highest BCUT2D eigenvalue weighted by atomic mass is 32.2. The first-order chi connectivity index (χ1) is 10.2. The zero-order chi connectivity index (χ0) is 14.8. The van der Waals surface area contributed by atoms with E-state index in [1.54, 1.807) is 11.8 Å². The highest BCUT2D eigenvalue weighted by Crippen LogP contribution is 2.47. The first kappa shape index (κ1) is 15.1. The minimum Gasteiger partial charge on any atom is -0.384 e. The van der Waals surface area contributed by atoms with E-state index in [0.29, 0.717) is 0 Å². The van der Waals surface area contributed by atoms with Crippen LogP contribution < -0.4 is 0 Å². The molecule has 0 saturated carbocycles. The Hall–Kier alpha value is -0.810. The van der Waals surface area contributed by atoms with Gasteiger partial charge in [0, 0.05) is 4.91 Å². The number of thioether (sulfide) groups is 1. The van der Waals surface area contributed by atoms with E-state index in [1.165, 1.54) is 6.08 Å². The van der Waals surface area contributed by atoms with E-state index in [4.69, 9.17) is 4.74 Å². The van der Waals surface area contributed by atoms with Crippen LogP contribution in [0.4, 0.5) is 0 Å². The van der Waals surface area contributed by atoms with Crippen LogP contribution in [0.15, 0.2) is 46.4 Å². The van der Waals surface area contributed by atoms with Gasteiger partial charge < -0.3 is 14.9 Å². The molecular formula is C17H22O3S. The molecule has 0 bridgehead atoms. The maximum Gasteiger partial charge on any atom is 0.175 e. The number of ether oxygens (including phenoxy) is 1. The number of hydrogen-bond donors (Lipinski definition) is 2. The van der Waals surface area contributed by atoms with Crippen LogP contribution in [0.2, 0.25) is 0 Å². The van der Waals surface area contributed by atoms with Crippen LogP contribution >= 0.6 is 11.8 Å². The molecule has 0 aromatic carbocycles. The largest absolute Gasteiger partial charge is 0.384 e. The third-order valence-electron chi connectivity index (χ3n) is 4.31. The molecule has 3 nitrogen and oxygen atoms in total. The number of fused-ring (bicyclic) bond motifs is 1. The molecule has 0 spiro atoms. The molecule has 3 aliphatic rings. The van der Waals surface area contributed by atoms with E-state index in [0.717, 1.165) is 60.1 Å². The van der Waals surface area contributed by atoms with Gasteiger partial charge in [-0.15, -0.1) is 0 Å². The molecule has 0 amide bonds. The van der Waals surface area contributed by atoms with Crippen molar-refractivity contribution in [3.8, 4) is 0 Å². The third-order valence-corrected chi connectivity index (χ3v) is 5.57. The maximum atomic E-state index is 10.8. The predicted molar refractivity (Wildman–Crippen MR) is 85.6 cm³/mol. The lowest BCUT2D eigenvalue weighted by Crippen LogP contribution is -2.23. The van der Waals surface area contributed by atoms with Crippen molar-refractivity contribution in [2.24, 2.45) is 0 Å². The third kappa shape index (κ3) is 3.04. The van der Waals surface area contributed by atoms with Crippen molar-refractivity contribution in [1.82, 2.24) is 0 Å². The molecule has 3 unspecified atom stereocenters. The molecule has 1 heterocycles. The zero-order valence-corrected chi connectivity index (χ0v) is 12.9. The SMILES string of the molecule is C=CC(O)OC1SC2=CCCC=C2C(O)C2=C1CCCC2. The fourth-order valence-corrected chi connectivity index (χ4v) is 4.59. The number of rotatable bonds is 3. The molecule has 0 saturated heterocycles. The average molecular weight is 306 g/mol. The Morgan fingerprint density at radius 2 is 1.95 bits per heavy atom. The van der Waals surface area contributed by atoms with E-state index in [9.17, 15) is 10.2 Å². The van der Waals surface area contributed by atoms with Gasteiger partial charge in [0.1, 0.15) is 11.5 Å². The van der Waals surface area contributed by atoms with Crippen molar-refractivity contribution in [3.63, 3.8) is 0 Å². The van der Waals surface area contributed by atoms with Crippen LogP contribution in [0.5, 0.6) is 0 Å². The van der Waals surface area contributed by atoms with Crippen molar-refractivity contribution in [2.75, 3.05) is 0 Å². The zero-order valence-electron chi connectivity index (χ0n) is 12.1. The van der Waals surface area contributed by atoms with Gasteiger partial charge in [-0.05, 0) is 61.3 Å². The molecular weight excluding hydrogens is 284 g/mol. The highest BCUT2D eigenvalue weighted by Gasteiger charge is 2.35. The fraction of sp³-hybridized carbons (Fsp3) is 0.529. The molecule has 2 aliphatic carbocycles. The Kier molecular flexibility index (Phi) is 4.69. The summed E-state index contributed by atoms with van der Waals surface area (Å²) in [7, 11) is 0. The summed E-state index contributed by atoms with van der Waals surface area (Å²) in [4.78, 5) is 1.10. The Morgan fingerprint density at radius 1 is 1.24 bits per heavy atom. The van der Waals surface area contributed by atoms with E-state index in [1.807, 2.05) is 0 Å². The fourth-order valence-electron chi connectivity index (χ4n) is 3.23. The Labute approximate surface area is 130 Å². The van der Waals surface area contributed by atoms with Gasteiger partial charge in [-0.2, -0.15) is 0 Å². The first-order valence-corrected chi connectivity index (χ1v) is 8.52. The normalized spacial score (nSPS) is 30.6. The van der Waals surface area contributed by atoms with Crippen molar-refractivity contribution < 1.29 is 14.9 Å². The lowest BCUT2D eigenvalue weighted by Gasteiger charge is -2.27. The molecule has 0 fully saturated rings. The lowest BCUT2D eigenvalue weighted by atomic mass is 9.85. The Bertz CT molecular complexity index is 518. The van der Waals surface area contributed by atoms with E-state index >= 15 is 0 Å². The van der Waals surface area contributed by atoms with Crippen molar-refractivity contribution >= 4 is 11.8 Å². The van der Waals surface area contributed by atoms with Gasteiger partial charge in [-0.1, -0.05) is 30.5 Å². The summed E-state index contributed by atoms with van der Waals surface area (Å²) in [6.45, 7) is 3.57. The summed E-state index contributed by atoms with van der Waals surface area (Å²) in [6, 6.07) is 0. The van der Waals surface area contributed by atoms with Crippen LogP contribution in [-0.4, -0.2) is 28.0 Å². The summed E-state index contributed by atoms with van der Waals surface area (Å²) in [5.74, 6) is 0. The van der Waals surface area contributed by atoms with Crippen LogP contribution in [0.25, 0.3) is 0 Å². The van der Waals surface area contributed by atoms with Gasteiger partial charge in [0.15, 0.2) is 6.29 Å². The number of allylic oxidation sites excluding steroid dienone is 2. The maximum absolute atomic E-state index is 10.8. The minimum absolute atomic E-state index is 0.224. The topological polar surface area (TPSA) is 49.7 Å². The van der Waals surface area contributed by atoms with Gasteiger partial charge in [0.2, 0.25) is 0 Å². The van der Waals surface area contributed by atoms with Gasteiger partial charge in [0.05, 0.1) is 0 Å². The molecule has 3 rings (SSSR count). The van der Waals surface area contributed by atoms with E-state index in [-0.39, 0.29) is 5.44 Å². The number of hydrogen-bond acceptors (Lipinski definition) is 4. The second-order valence-electron chi connectivity index (χ2n) is 5.68. The summed E-state index contributed by atoms with van der Waals surface area (Å²) < 4.78 is 5.75. The predicted octanol–water partition coefficient (Wildman–Crippen LogP) is 3.42. The second kappa shape index (κ2) is 6.53. The first-order valence-electron chi connectivity index (χ1n) is 7.64. The molecule has 0 radical (unpaired) electrons. The van der Waals surface area contributed by atoms with E-state index in [2.05, 4.69) is 18.7 Å². The molecule has 114 valence electrons. The van der Waals surface area contributed by atoms with Gasteiger partial charge in [-0.3, -0.25) is 0 Å². The molecule has 0 aromatic rings. The van der Waals surface area contributed by atoms with Crippen LogP contribution in [0.1, 0.15) is 38.5 Å². The van der Waals surface area contributed by atoms with Crippen molar-refractivity contribution in [2.45, 2.75) is 56.4 Å². The van der Waals surface area contributed by atoms with E-state index < -0.39 is 12.4 Å². The monoisotopic (exact) mass is 306 g/mol. The standard InChI is InChI=1S/C17H22O3S/c1-2-15(18)20-17-12-8-4-3-7-11(12)16(19)13-9-5-6-10-14(13)21-17/h2,9-10,15-19H,1,3-8H2. The molecule has 1 aliphatic heterocycles.